The number of hydrogen-bond acceptors (Lipinski definition) is 4. The number of ether oxygens (including phenoxy) is 1. The standard InChI is InChI=1S/C10H10N2O4.ClH/c1-6-2-3-7(4-9(6)12(14)15)8-5-16-10(13)11-8;/h2-4,8H,5H2,1H3,(H,11,13);1H/t8-;/m0./s1. The zero-order chi connectivity index (χ0) is 11.7. The van der Waals surface area contributed by atoms with Crippen molar-refractivity contribution in [1.29, 1.82) is 0 Å². The average Bonchev–Trinajstić information content (AvgIpc) is 2.65. The second-order valence-corrected chi connectivity index (χ2v) is 3.60. The third-order valence-electron chi connectivity index (χ3n) is 2.51. The van der Waals surface area contributed by atoms with Gasteiger partial charge < -0.3 is 10.1 Å². The number of halogens is 1. The maximum atomic E-state index is 10.8. The molecule has 0 spiro atoms. The summed E-state index contributed by atoms with van der Waals surface area (Å²) in [6.45, 7) is 1.88. The summed E-state index contributed by atoms with van der Waals surface area (Å²) < 4.78 is 4.73. The Morgan fingerprint density at radius 1 is 1.53 bits per heavy atom. The highest BCUT2D eigenvalue weighted by atomic mass is 35.5. The Bertz CT molecular complexity index is 464. The molecule has 17 heavy (non-hydrogen) atoms. The first-order chi connectivity index (χ1) is 7.58. The van der Waals surface area contributed by atoms with Crippen LogP contribution in [0.25, 0.3) is 0 Å². The molecule has 0 radical (unpaired) electrons. The van der Waals surface area contributed by atoms with Gasteiger partial charge in [0.1, 0.15) is 6.61 Å². The van der Waals surface area contributed by atoms with Crippen LogP contribution < -0.4 is 5.32 Å². The van der Waals surface area contributed by atoms with E-state index in [1.54, 1.807) is 19.1 Å². The second kappa shape index (κ2) is 5.01. The van der Waals surface area contributed by atoms with Crippen molar-refractivity contribution in [3.63, 3.8) is 0 Å². The van der Waals surface area contributed by atoms with Crippen LogP contribution in [0.4, 0.5) is 10.5 Å². The monoisotopic (exact) mass is 258 g/mol. The van der Waals surface area contributed by atoms with E-state index in [0.29, 0.717) is 11.1 Å². The van der Waals surface area contributed by atoms with E-state index in [1.807, 2.05) is 0 Å². The summed E-state index contributed by atoms with van der Waals surface area (Å²) >= 11 is 0. The van der Waals surface area contributed by atoms with Gasteiger partial charge in [0.05, 0.1) is 11.0 Å². The predicted molar refractivity (Wildman–Crippen MR) is 62.3 cm³/mol. The number of nitro benzene ring substituents is 1. The second-order valence-electron chi connectivity index (χ2n) is 3.60. The van der Waals surface area contributed by atoms with Crippen LogP contribution in [0, 0.1) is 17.0 Å². The highest BCUT2D eigenvalue weighted by molar-refractivity contribution is 5.85. The number of cyclic esters (lactones) is 1. The molecule has 0 saturated carbocycles. The van der Waals surface area contributed by atoms with Crippen molar-refractivity contribution in [2.75, 3.05) is 6.61 Å². The number of nitrogens with one attached hydrogen (secondary N) is 1. The molecule has 2 rings (SSSR count). The Morgan fingerprint density at radius 3 is 2.76 bits per heavy atom. The molecule has 92 valence electrons. The summed E-state index contributed by atoms with van der Waals surface area (Å²) in [5.74, 6) is 0. The fraction of sp³-hybridized carbons (Fsp3) is 0.300. The van der Waals surface area contributed by atoms with Gasteiger partial charge in [0, 0.05) is 11.6 Å². The normalized spacial score (nSPS) is 17.9. The number of hydrogen-bond donors (Lipinski definition) is 1. The quantitative estimate of drug-likeness (QED) is 0.651. The van der Waals surface area contributed by atoms with Crippen molar-refractivity contribution in [1.82, 2.24) is 5.32 Å². The van der Waals surface area contributed by atoms with E-state index in [4.69, 9.17) is 4.74 Å². The highest BCUT2D eigenvalue weighted by Gasteiger charge is 2.25. The first-order valence-electron chi connectivity index (χ1n) is 4.76. The molecule has 0 bridgehead atoms. The van der Waals surface area contributed by atoms with E-state index in [2.05, 4.69) is 5.32 Å². The van der Waals surface area contributed by atoms with Gasteiger partial charge in [0.25, 0.3) is 5.69 Å². The molecule has 0 aromatic heterocycles. The molecule has 1 atom stereocenters. The first-order valence-corrected chi connectivity index (χ1v) is 4.76. The summed E-state index contributed by atoms with van der Waals surface area (Å²) in [5, 5.41) is 13.3. The molecule has 1 N–H and O–H groups in total. The molecular weight excluding hydrogens is 248 g/mol. The molecule has 1 saturated heterocycles. The lowest BCUT2D eigenvalue weighted by Gasteiger charge is -2.07. The number of benzene rings is 1. The van der Waals surface area contributed by atoms with Crippen molar-refractivity contribution in [2.45, 2.75) is 13.0 Å². The molecular formula is C10H11ClN2O4. The summed E-state index contributed by atoms with van der Waals surface area (Å²) in [4.78, 5) is 21.2. The van der Waals surface area contributed by atoms with Gasteiger partial charge >= 0.3 is 6.09 Å². The largest absolute Gasteiger partial charge is 0.447 e. The molecule has 1 amide bonds. The number of nitro groups is 1. The van der Waals surface area contributed by atoms with E-state index in [9.17, 15) is 14.9 Å². The minimum atomic E-state index is -0.492. The van der Waals surface area contributed by atoms with Crippen LogP contribution in [0.2, 0.25) is 0 Å². The minimum absolute atomic E-state index is 0. The van der Waals surface area contributed by atoms with Crippen LogP contribution in [0.3, 0.4) is 0 Å². The summed E-state index contributed by atoms with van der Waals surface area (Å²) in [6.07, 6.45) is -0.492. The van der Waals surface area contributed by atoms with Crippen LogP contribution in [-0.2, 0) is 4.74 Å². The molecule has 0 unspecified atom stereocenters. The lowest BCUT2D eigenvalue weighted by atomic mass is 10.0. The van der Waals surface area contributed by atoms with Crippen molar-refractivity contribution < 1.29 is 14.5 Å². The maximum absolute atomic E-state index is 10.8. The van der Waals surface area contributed by atoms with Gasteiger partial charge in [-0.1, -0.05) is 12.1 Å². The number of carbonyl (C=O) groups excluding carboxylic acids is 1. The van der Waals surface area contributed by atoms with Gasteiger partial charge in [-0.2, -0.15) is 0 Å². The Balaban J connectivity index is 0.00000144. The third-order valence-corrected chi connectivity index (χ3v) is 2.51. The third kappa shape index (κ3) is 2.65. The summed E-state index contributed by atoms with van der Waals surface area (Å²) in [6, 6.07) is 4.58. The van der Waals surface area contributed by atoms with E-state index in [-0.39, 0.29) is 30.7 Å². The summed E-state index contributed by atoms with van der Waals surface area (Å²) in [7, 11) is 0. The number of nitrogens with zero attached hydrogens (tertiary/aromatic N) is 1. The summed E-state index contributed by atoms with van der Waals surface area (Å²) in [5.41, 5.74) is 1.33. The zero-order valence-electron chi connectivity index (χ0n) is 9.00. The van der Waals surface area contributed by atoms with Crippen molar-refractivity contribution >= 4 is 24.2 Å². The van der Waals surface area contributed by atoms with Gasteiger partial charge in [-0.15, -0.1) is 12.4 Å². The van der Waals surface area contributed by atoms with E-state index in [1.165, 1.54) is 6.07 Å². The minimum Gasteiger partial charge on any atom is -0.447 e. The Morgan fingerprint density at radius 2 is 2.24 bits per heavy atom. The lowest BCUT2D eigenvalue weighted by Crippen LogP contribution is -2.18. The van der Waals surface area contributed by atoms with Crippen molar-refractivity contribution in [3.8, 4) is 0 Å². The van der Waals surface area contributed by atoms with Crippen molar-refractivity contribution in [3.05, 3.63) is 39.4 Å². The van der Waals surface area contributed by atoms with Crippen molar-refractivity contribution in [2.24, 2.45) is 0 Å². The zero-order valence-corrected chi connectivity index (χ0v) is 9.82. The first kappa shape index (κ1) is 13.2. The lowest BCUT2D eigenvalue weighted by molar-refractivity contribution is -0.385. The van der Waals surface area contributed by atoms with Crippen LogP contribution in [-0.4, -0.2) is 17.6 Å². The molecule has 7 heteroatoms. The molecule has 1 aliphatic heterocycles. The number of aryl methyl sites for hydroxylation is 1. The van der Waals surface area contributed by atoms with Gasteiger partial charge in [0.15, 0.2) is 0 Å². The highest BCUT2D eigenvalue weighted by Crippen LogP contribution is 2.25. The average molecular weight is 259 g/mol. The van der Waals surface area contributed by atoms with Gasteiger partial charge in [-0.25, -0.2) is 4.79 Å². The maximum Gasteiger partial charge on any atom is 0.407 e. The molecule has 1 aliphatic rings. The van der Waals surface area contributed by atoms with E-state index in [0.717, 1.165) is 0 Å². The number of amides is 1. The molecule has 1 aromatic rings. The smallest absolute Gasteiger partial charge is 0.407 e. The SMILES string of the molecule is Cc1ccc([C@@H]2COC(=O)N2)cc1[N+](=O)[O-].Cl. The van der Waals surface area contributed by atoms with Gasteiger partial charge in [-0.3, -0.25) is 10.1 Å². The number of rotatable bonds is 2. The molecule has 0 aliphatic carbocycles. The molecule has 6 nitrogen and oxygen atoms in total. The number of alkyl carbamates (subject to hydrolysis) is 1. The van der Waals surface area contributed by atoms with Crippen LogP contribution in [0.1, 0.15) is 17.2 Å². The van der Waals surface area contributed by atoms with Crippen LogP contribution in [0.5, 0.6) is 0 Å². The molecule has 1 aromatic carbocycles. The fourth-order valence-corrected chi connectivity index (χ4v) is 1.60. The van der Waals surface area contributed by atoms with Gasteiger partial charge in [0.2, 0.25) is 0 Å². The fourth-order valence-electron chi connectivity index (χ4n) is 1.60. The Hall–Kier alpha value is -1.82. The molecule has 1 fully saturated rings. The Kier molecular flexibility index (Phi) is 3.90. The number of carbonyl (C=O) groups is 1. The molecule has 1 heterocycles. The van der Waals surface area contributed by atoms with E-state index >= 15 is 0 Å². The predicted octanol–water partition coefficient (Wildman–Crippen LogP) is 2.11. The van der Waals surface area contributed by atoms with Crippen LogP contribution >= 0.6 is 12.4 Å². The van der Waals surface area contributed by atoms with E-state index < -0.39 is 11.0 Å². The Labute approximate surface area is 104 Å². The topological polar surface area (TPSA) is 81.5 Å². The van der Waals surface area contributed by atoms with Crippen LogP contribution in [0.15, 0.2) is 18.2 Å². The van der Waals surface area contributed by atoms with Gasteiger partial charge in [-0.05, 0) is 12.5 Å².